The Kier molecular flexibility index (Phi) is 5.04. The van der Waals surface area contributed by atoms with Crippen molar-refractivity contribution in [2.24, 2.45) is 0 Å². The van der Waals surface area contributed by atoms with Crippen molar-refractivity contribution in [2.75, 3.05) is 28.6 Å². The minimum atomic E-state index is -4.13. The minimum absolute atomic E-state index is 0.0546. The molecule has 0 saturated carbocycles. The van der Waals surface area contributed by atoms with E-state index in [0.717, 1.165) is 6.42 Å². The number of sulfonamides is 1. The Hall–Kier alpha value is -3.27. The number of ether oxygens (including phenoxy) is 2. The van der Waals surface area contributed by atoms with Crippen LogP contribution in [0.15, 0.2) is 41.3 Å². The van der Waals surface area contributed by atoms with Gasteiger partial charge in [0.25, 0.3) is 15.9 Å². The van der Waals surface area contributed by atoms with Crippen molar-refractivity contribution >= 4 is 38.9 Å². The second-order valence-corrected chi connectivity index (χ2v) is 9.49. The number of nitrogens with one attached hydrogen (secondary N) is 2. The molecule has 2 aromatic rings. The van der Waals surface area contributed by atoms with Crippen LogP contribution >= 0.6 is 0 Å². The summed E-state index contributed by atoms with van der Waals surface area (Å²) >= 11 is 0. The number of carbonyl (C=O) groups excluding carboxylic acids is 2. The molecule has 0 aliphatic carbocycles. The molecule has 1 fully saturated rings. The van der Waals surface area contributed by atoms with Crippen LogP contribution in [-0.2, 0) is 19.6 Å². The number of methoxy groups -OCH3 is 1. The van der Waals surface area contributed by atoms with E-state index in [0.29, 0.717) is 24.4 Å². The molecule has 2 aliphatic heterocycles. The van der Waals surface area contributed by atoms with Gasteiger partial charge in [0.1, 0.15) is 22.1 Å². The van der Waals surface area contributed by atoms with Gasteiger partial charge in [-0.3, -0.25) is 14.3 Å². The summed E-state index contributed by atoms with van der Waals surface area (Å²) in [5.74, 6) is 0.0437. The van der Waals surface area contributed by atoms with Crippen molar-refractivity contribution in [3.05, 3.63) is 36.4 Å². The molecule has 31 heavy (non-hydrogen) atoms. The molecule has 2 amide bonds. The highest BCUT2D eigenvalue weighted by Gasteiger charge is 2.37. The van der Waals surface area contributed by atoms with E-state index in [1.165, 1.54) is 25.3 Å². The zero-order chi connectivity index (χ0) is 22.4. The SMILES string of the molecule is COc1ccc(N2CCCC2=O)cc1S(=O)(=O)Nc1cccc2c1NC(=O)C(C)(C)O2. The largest absolute Gasteiger partial charge is 0.495 e. The van der Waals surface area contributed by atoms with Gasteiger partial charge in [-0.15, -0.1) is 0 Å². The van der Waals surface area contributed by atoms with Gasteiger partial charge in [-0.25, -0.2) is 8.42 Å². The van der Waals surface area contributed by atoms with E-state index in [1.54, 1.807) is 36.9 Å². The molecule has 10 heteroatoms. The van der Waals surface area contributed by atoms with Gasteiger partial charge >= 0.3 is 0 Å². The van der Waals surface area contributed by atoms with Gasteiger partial charge in [0.2, 0.25) is 5.91 Å². The molecule has 0 aromatic heterocycles. The third-order valence-corrected chi connectivity index (χ3v) is 6.63. The van der Waals surface area contributed by atoms with Crippen LogP contribution in [0.5, 0.6) is 11.5 Å². The van der Waals surface area contributed by atoms with Gasteiger partial charge in [-0.1, -0.05) is 6.07 Å². The van der Waals surface area contributed by atoms with Gasteiger partial charge in [-0.2, -0.15) is 0 Å². The third-order valence-electron chi connectivity index (χ3n) is 5.24. The number of anilines is 3. The van der Waals surface area contributed by atoms with Crippen LogP contribution in [0.1, 0.15) is 26.7 Å². The van der Waals surface area contributed by atoms with Gasteiger partial charge in [0.05, 0.1) is 12.8 Å². The van der Waals surface area contributed by atoms with E-state index in [4.69, 9.17) is 9.47 Å². The maximum Gasteiger partial charge on any atom is 0.268 e. The van der Waals surface area contributed by atoms with E-state index < -0.39 is 21.5 Å². The lowest BCUT2D eigenvalue weighted by atomic mass is 10.1. The molecule has 0 bridgehead atoms. The summed E-state index contributed by atoms with van der Waals surface area (Å²) in [5.41, 5.74) is -0.201. The molecule has 0 atom stereocenters. The molecule has 0 spiro atoms. The van der Waals surface area contributed by atoms with Crippen LogP contribution in [0.2, 0.25) is 0 Å². The third kappa shape index (κ3) is 3.78. The smallest absolute Gasteiger partial charge is 0.268 e. The first-order chi connectivity index (χ1) is 14.6. The lowest BCUT2D eigenvalue weighted by Gasteiger charge is -2.32. The second-order valence-electron chi connectivity index (χ2n) is 7.83. The van der Waals surface area contributed by atoms with Crippen LogP contribution < -0.4 is 24.4 Å². The van der Waals surface area contributed by atoms with Gasteiger partial charge < -0.3 is 19.7 Å². The summed E-state index contributed by atoms with van der Waals surface area (Å²) in [5, 5.41) is 2.71. The number of nitrogens with zero attached hydrogens (tertiary/aromatic N) is 1. The summed E-state index contributed by atoms with van der Waals surface area (Å²) in [4.78, 5) is 25.9. The molecular formula is C21H23N3O6S. The monoisotopic (exact) mass is 445 g/mol. The first-order valence-electron chi connectivity index (χ1n) is 9.77. The first kappa shape index (κ1) is 21.0. The first-order valence-corrected chi connectivity index (χ1v) is 11.3. The lowest BCUT2D eigenvalue weighted by molar-refractivity contribution is -0.129. The molecule has 0 unspecified atom stereocenters. The Balaban J connectivity index is 1.72. The fourth-order valence-corrected chi connectivity index (χ4v) is 4.84. The topological polar surface area (TPSA) is 114 Å². The van der Waals surface area contributed by atoms with Crippen LogP contribution in [0.25, 0.3) is 0 Å². The maximum atomic E-state index is 13.3. The Bertz CT molecular complexity index is 1180. The van der Waals surface area contributed by atoms with E-state index >= 15 is 0 Å². The maximum absolute atomic E-state index is 13.3. The zero-order valence-electron chi connectivity index (χ0n) is 17.4. The van der Waals surface area contributed by atoms with E-state index in [1.807, 2.05) is 0 Å². The van der Waals surface area contributed by atoms with Gasteiger partial charge in [0, 0.05) is 18.7 Å². The Morgan fingerprint density at radius 1 is 1.19 bits per heavy atom. The van der Waals surface area contributed by atoms with Crippen molar-refractivity contribution in [3.63, 3.8) is 0 Å². The predicted molar refractivity (Wildman–Crippen MR) is 115 cm³/mol. The Morgan fingerprint density at radius 2 is 1.97 bits per heavy atom. The van der Waals surface area contributed by atoms with Crippen LogP contribution in [0.3, 0.4) is 0 Å². The normalized spacial score (nSPS) is 17.6. The molecule has 9 nitrogen and oxygen atoms in total. The van der Waals surface area contributed by atoms with Crippen LogP contribution in [0.4, 0.5) is 17.1 Å². The summed E-state index contributed by atoms with van der Waals surface area (Å²) in [6.07, 6.45) is 1.15. The van der Waals surface area contributed by atoms with E-state index in [2.05, 4.69) is 10.0 Å². The van der Waals surface area contributed by atoms with Crippen molar-refractivity contribution in [2.45, 2.75) is 37.2 Å². The van der Waals surface area contributed by atoms with Crippen LogP contribution in [0, 0.1) is 0 Å². The Labute approximate surface area is 180 Å². The fourth-order valence-electron chi connectivity index (χ4n) is 3.58. The van der Waals surface area contributed by atoms with Gasteiger partial charge in [0.15, 0.2) is 5.60 Å². The predicted octanol–water partition coefficient (Wildman–Crippen LogP) is 2.73. The summed E-state index contributed by atoms with van der Waals surface area (Å²) in [6.45, 7) is 3.78. The number of amides is 2. The fraction of sp³-hybridized carbons (Fsp3) is 0.333. The average molecular weight is 445 g/mol. The molecule has 1 saturated heterocycles. The summed E-state index contributed by atoms with van der Waals surface area (Å²) in [6, 6.07) is 9.39. The number of rotatable bonds is 5. The lowest BCUT2D eigenvalue weighted by Crippen LogP contribution is -2.45. The molecule has 0 radical (unpaired) electrons. The Morgan fingerprint density at radius 3 is 2.65 bits per heavy atom. The molecule has 4 rings (SSSR count). The van der Waals surface area contributed by atoms with Crippen molar-refractivity contribution in [3.8, 4) is 11.5 Å². The number of hydrogen-bond acceptors (Lipinski definition) is 6. The number of para-hydroxylation sites is 1. The van der Waals surface area contributed by atoms with Crippen LogP contribution in [-0.4, -0.2) is 39.5 Å². The number of carbonyl (C=O) groups is 2. The molecular weight excluding hydrogens is 422 g/mol. The van der Waals surface area contributed by atoms with Gasteiger partial charge in [-0.05, 0) is 50.6 Å². The summed E-state index contributed by atoms with van der Waals surface area (Å²) in [7, 11) is -2.75. The average Bonchev–Trinajstić information content (AvgIpc) is 3.14. The molecule has 2 aliphatic rings. The number of benzene rings is 2. The highest BCUT2D eigenvalue weighted by atomic mass is 32.2. The van der Waals surface area contributed by atoms with E-state index in [-0.39, 0.29) is 27.9 Å². The minimum Gasteiger partial charge on any atom is -0.495 e. The molecule has 164 valence electrons. The quantitative estimate of drug-likeness (QED) is 0.732. The number of hydrogen-bond donors (Lipinski definition) is 2. The highest BCUT2D eigenvalue weighted by Crippen LogP contribution is 2.40. The summed E-state index contributed by atoms with van der Waals surface area (Å²) < 4.78 is 40.0. The molecule has 2 aromatic carbocycles. The van der Waals surface area contributed by atoms with Crippen molar-refractivity contribution in [1.82, 2.24) is 0 Å². The van der Waals surface area contributed by atoms with E-state index in [9.17, 15) is 18.0 Å². The molecule has 2 heterocycles. The zero-order valence-corrected chi connectivity index (χ0v) is 18.2. The van der Waals surface area contributed by atoms with Crippen molar-refractivity contribution in [1.29, 1.82) is 0 Å². The number of fused-ring (bicyclic) bond motifs is 1. The highest BCUT2D eigenvalue weighted by molar-refractivity contribution is 7.92. The molecule has 2 N–H and O–H groups in total. The second kappa shape index (κ2) is 7.45. The standard InChI is InChI=1S/C21H23N3O6S/c1-21(2)20(26)22-19-14(6-4-7-16(19)30-21)23-31(27,28)17-12-13(9-10-15(17)29-3)24-11-5-8-18(24)25/h4,6-7,9-10,12,23H,5,8,11H2,1-3H3,(H,22,26). The van der Waals surface area contributed by atoms with Crippen molar-refractivity contribution < 1.29 is 27.5 Å².